The van der Waals surface area contributed by atoms with Gasteiger partial charge >= 0.3 is 21.7 Å². The van der Waals surface area contributed by atoms with E-state index in [1.165, 1.54) is 48.4 Å². The van der Waals surface area contributed by atoms with Crippen molar-refractivity contribution in [2.24, 2.45) is 0 Å². The van der Waals surface area contributed by atoms with Crippen molar-refractivity contribution in [3.8, 4) is 0 Å². The van der Waals surface area contributed by atoms with Crippen molar-refractivity contribution in [2.45, 2.75) is 52.5 Å². The second-order valence-corrected chi connectivity index (χ2v) is 7.36. The maximum absolute atomic E-state index is 2.46. The molecule has 2 heteroatoms. The third kappa shape index (κ3) is 3.47. The Morgan fingerprint density at radius 3 is 2.67 bits per heavy atom. The molecule has 3 rings (SSSR count). The summed E-state index contributed by atoms with van der Waals surface area (Å²) in [6, 6.07) is 10.4. The van der Waals surface area contributed by atoms with Crippen LogP contribution >= 0.6 is 0 Å². The molecule has 0 aromatic heterocycles. The molecule has 1 aliphatic carbocycles. The van der Waals surface area contributed by atoms with Crippen LogP contribution in [0.2, 0.25) is 0 Å². The molecule has 0 bridgehead atoms. The summed E-state index contributed by atoms with van der Waals surface area (Å²) in [6.45, 7) is 6.80. The van der Waals surface area contributed by atoms with Gasteiger partial charge in [0.2, 0.25) is 0 Å². The molecule has 0 unspecified atom stereocenters. The van der Waals surface area contributed by atoms with E-state index in [0.717, 1.165) is 9.52 Å². The molecule has 0 nitrogen and oxygen atoms in total. The molecule has 0 spiro atoms. The molecule has 2 aromatic carbocycles. The van der Waals surface area contributed by atoms with Gasteiger partial charge in [0.05, 0.1) is 9.52 Å². The van der Waals surface area contributed by atoms with Gasteiger partial charge in [-0.2, -0.15) is 22.3 Å². The van der Waals surface area contributed by atoms with Crippen molar-refractivity contribution in [3.05, 3.63) is 57.6 Å². The zero-order chi connectivity index (χ0) is 14.1. The summed E-state index contributed by atoms with van der Waals surface area (Å²) in [5, 5.41) is 1.55. The molecule has 1 aliphatic rings. The van der Waals surface area contributed by atoms with Gasteiger partial charge in [-0.25, -0.2) is 6.07 Å². The molecule has 0 heterocycles. The molecule has 0 amide bonds. The second-order valence-electron chi connectivity index (χ2n) is 6.12. The van der Waals surface area contributed by atoms with Crippen LogP contribution in [0.4, 0.5) is 0 Å². The normalized spacial score (nSPS) is 13.7. The maximum atomic E-state index is 2.46. The summed E-state index contributed by atoms with van der Waals surface area (Å²) < 4.78 is 0. The van der Waals surface area contributed by atoms with E-state index >= 15 is 0 Å². The van der Waals surface area contributed by atoms with E-state index in [2.05, 4.69) is 45.0 Å². The Balaban J connectivity index is 0.00000161. The topological polar surface area (TPSA) is 0 Å². The van der Waals surface area contributed by atoms with Gasteiger partial charge in [-0.3, -0.25) is 0 Å². The molecule has 0 saturated heterocycles. The van der Waals surface area contributed by atoms with Crippen LogP contribution in [0, 0.1) is 20.8 Å². The van der Waals surface area contributed by atoms with Crippen molar-refractivity contribution >= 4 is 14.7 Å². The maximum Gasteiger partial charge on any atom is 2.00 e. The third-order valence-electron chi connectivity index (χ3n) is 4.80. The predicted octanol–water partition coefficient (Wildman–Crippen LogP) is 3.74. The molecule has 0 atom stereocenters. The van der Waals surface area contributed by atoms with E-state index in [4.69, 9.17) is 0 Å². The van der Waals surface area contributed by atoms with Gasteiger partial charge in [-0.15, -0.1) is 0 Å². The van der Waals surface area contributed by atoms with Crippen molar-refractivity contribution in [1.29, 1.82) is 0 Å². The smallest absolute Gasteiger partial charge is 0.207 e. The molecule has 0 aliphatic heterocycles. The van der Waals surface area contributed by atoms with Crippen molar-refractivity contribution in [2.75, 3.05) is 0 Å². The second kappa shape index (κ2) is 7.18. The summed E-state index contributed by atoms with van der Waals surface area (Å²) >= 11 is 0. The Hall–Kier alpha value is -0.499. The van der Waals surface area contributed by atoms with E-state index < -0.39 is 0 Å². The molecule has 2 radical (unpaired) electrons. The minimum absolute atomic E-state index is 0. The minimum Gasteiger partial charge on any atom is -0.207 e. The Labute approximate surface area is 146 Å². The zero-order valence-corrected chi connectivity index (χ0v) is 15.9. The first kappa shape index (κ1) is 16.9. The van der Waals surface area contributed by atoms with Crippen molar-refractivity contribution in [3.63, 3.8) is 0 Å². The molecule has 106 valence electrons. The van der Waals surface area contributed by atoms with Gasteiger partial charge in [-0.1, -0.05) is 62.0 Å². The van der Waals surface area contributed by atoms with Gasteiger partial charge in [0.25, 0.3) is 0 Å². The molecular weight excluding hydrogens is 304 g/mol. The summed E-state index contributed by atoms with van der Waals surface area (Å²) in [5.74, 6) is 0. The van der Waals surface area contributed by atoms with Crippen molar-refractivity contribution < 1.29 is 21.7 Å². The Morgan fingerprint density at radius 2 is 1.86 bits per heavy atom. The largest absolute Gasteiger partial charge is 2.00 e. The van der Waals surface area contributed by atoms with Crippen LogP contribution in [0.15, 0.2) is 24.3 Å². The average Bonchev–Trinajstić information content (AvgIpc) is 2.76. The van der Waals surface area contributed by atoms with Crippen LogP contribution in [-0.2, 0) is 40.6 Å². The molecule has 0 N–H and O–H groups in total. The number of rotatable bonds is 3. The first-order valence-electron chi connectivity index (χ1n) is 7.74. The van der Waals surface area contributed by atoms with E-state index in [1.807, 2.05) is 0 Å². The molecule has 0 fully saturated rings. The Bertz CT molecular complexity index is 625. The number of hydrogen-bond donors (Lipinski definition) is 0. The quantitative estimate of drug-likeness (QED) is 0.595. The summed E-state index contributed by atoms with van der Waals surface area (Å²) in [6.07, 6.45) is 5.39. The van der Waals surface area contributed by atoms with Gasteiger partial charge in [0.15, 0.2) is 0 Å². The van der Waals surface area contributed by atoms with Crippen LogP contribution in [0.3, 0.4) is 0 Å². The van der Waals surface area contributed by atoms with Crippen LogP contribution in [0.1, 0.15) is 46.2 Å². The van der Waals surface area contributed by atoms with Crippen LogP contribution in [-0.4, -0.2) is 9.52 Å². The van der Waals surface area contributed by atoms with Crippen LogP contribution in [0.5, 0.6) is 0 Å². The number of aryl methyl sites for hydroxylation is 3. The first-order chi connectivity index (χ1) is 9.66. The van der Waals surface area contributed by atoms with Crippen molar-refractivity contribution in [1.82, 2.24) is 0 Å². The summed E-state index contributed by atoms with van der Waals surface area (Å²) in [5.41, 5.74) is 9.47. The standard InChI is InChI=1S/C19H23Si.Ti/c1-13-7-6-10-19(15(13)3)20-12-18-14(2)11-16-8-4-5-9-17(16)18;/h6-7,10-11H,4-5,8-9,12H2,1-3H3;/q-1;+2. The van der Waals surface area contributed by atoms with Crippen LogP contribution < -0.4 is 5.19 Å². The average molecular weight is 327 g/mol. The van der Waals surface area contributed by atoms with Gasteiger partial charge in [-0.05, 0) is 25.0 Å². The molecule has 2 aromatic rings. The van der Waals surface area contributed by atoms with Crippen LogP contribution in [0.25, 0.3) is 0 Å². The number of benzene rings is 1. The molecule has 21 heavy (non-hydrogen) atoms. The minimum atomic E-state index is 0. The fourth-order valence-electron chi connectivity index (χ4n) is 3.39. The van der Waals surface area contributed by atoms with E-state index in [9.17, 15) is 0 Å². The Morgan fingerprint density at radius 1 is 1.10 bits per heavy atom. The Kier molecular flexibility index (Phi) is 5.76. The monoisotopic (exact) mass is 327 g/mol. The number of fused-ring (bicyclic) bond motifs is 1. The van der Waals surface area contributed by atoms with Gasteiger partial charge in [0, 0.05) is 0 Å². The fraction of sp³-hybridized carbons (Fsp3) is 0.421. The van der Waals surface area contributed by atoms with Gasteiger partial charge in [0.1, 0.15) is 0 Å². The molecule has 0 saturated carbocycles. The van der Waals surface area contributed by atoms with Gasteiger partial charge < -0.3 is 0 Å². The number of hydrogen-bond acceptors (Lipinski definition) is 0. The van der Waals surface area contributed by atoms with E-state index in [-0.39, 0.29) is 21.7 Å². The van der Waals surface area contributed by atoms with E-state index in [0.29, 0.717) is 0 Å². The third-order valence-corrected chi connectivity index (χ3v) is 6.25. The SMILES string of the molecule is Cc1cccc([Si]C[c-]2c(C)cc3c2CCCC3)c1C.[Ti+2]. The first-order valence-corrected chi connectivity index (χ1v) is 8.94. The predicted molar refractivity (Wildman–Crippen MR) is 88.4 cm³/mol. The summed E-state index contributed by atoms with van der Waals surface area (Å²) in [7, 11) is 0.912. The fourth-order valence-corrected chi connectivity index (χ4v) is 4.93. The van der Waals surface area contributed by atoms with E-state index in [1.54, 1.807) is 21.9 Å². The summed E-state index contributed by atoms with van der Waals surface area (Å²) in [4.78, 5) is 0. The zero-order valence-electron chi connectivity index (χ0n) is 13.3. The molecular formula is C19H23SiTi+.